The highest BCUT2D eigenvalue weighted by Gasteiger charge is 2.17. The molecule has 0 spiro atoms. The lowest BCUT2D eigenvalue weighted by molar-refractivity contribution is 0.244. The third kappa shape index (κ3) is 2.35. The fraction of sp³-hybridized carbons (Fsp3) is 0.467. The summed E-state index contributed by atoms with van der Waals surface area (Å²) in [5, 5.41) is 8.59. The molecule has 5 nitrogen and oxygen atoms in total. The first-order chi connectivity index (χ1) is 9.65. The van der Waals surface area contributed by atoms with Crippen molar-refractivity contribution < 1.29 is 4.74 Å². The van der Waals surface area contributed by atoms with Gasteiger partial charge in [-0.15, -0.1) is 10.2 Å². The van der Waals surface area contributed by atoms with Crippen molar-refractivity contribution >= 4 is 5.69 Å². The molecule has 0 saturated carbocycles. The number of rotatable bonds is 3. The van der Waals surface area contributed by atoms with E-state index in [-0.39, 0.29) is 6.10 Å². The molecule has 1 aliphatic rings. The lowest BCUT2D eigenvalue weighted by atomic mass is 10.1. The molecule has 106 valence electrons. The molecule has 0 fully saturated rings. The van der Waals surface area contributed by atoms with Gasteiger partial charge in [-0.1, -0.05) is 0 Å². The van der Waals surface area contributed by atoms with E-state index in [1.807, 2.05) is 32.0 Å². The van der Waals surface area contributed by atoms with Crippen LogP contribution < -0.4 is 10.5 Å². The van der Waals surface area contributed by atoms with Gasteiger partial charge < -0.3 is 15.0 Å². The molecule has 5 heteroatoms. The highest BCUT2D eigenvalue weighted by atomic mass is 16.5. The van der Waals surface area contributed by atoms with Crippen LogP contribution in [-0.4, -0.2) is 20.9 Å². The van der Waals surface area contributed by atoms with Crippen LogP contribution in [-0.2, 0) is 13.0 Å². The van der Waals surface area contributed by atoms with Gasteiger partial charge in [-0.2, -0.15) is 0 Å². The summed E-state index contributed by atoms with van der Waals surface area (Å²) in [6, 6.07) is 5.83. The summed E-state index contributed by atoms with van der Waals surface area (Å²) in [5.74, 6) is 2.71. The van der Waals surface area contributed by atoms with Crippen LogP contribution in [0.5, 0.6) is 5.75 Å². The molecule has 2 heterocycles. The summed E-state index contributed by atoms with van der Waals surface area (Å²) in [5.41, 5.74) is 7.71. The molecule has 0 saturated heterocycles. The molecule has 0 bridgehead atoms. The van der Waals surface area contributed by atoms with Crippen LogP contribution in [0, 0.1) is 0 Å². The Morgan fingerprint density at radius 2 is 2.10 bits per heavy atom. The number of hydrogen-bond acceptors (Lipinski definition) is 4. The van der Waals surface area contributed by atoms with Crippen molar-refractivity contribution in [1.29, 1.82) is 0 Å². The van der Waals surface area contributed by atoms with Gasteiger partial charge in [0.25, 0.3) is 0 Å². The van der Waals surface area contributed by atoms with Crippen LogP contribution in [0.25, 0.3) is 11.4 Å². The Kier molecular flexibility index (Phi) is 3.34. The highest BCUT2D eigenvalue weighted by molar-refractivity contribution is 5.66. The number of nitrogens with two attached hydrogens (primary N) is 1. The fourth-order valence-corrected chi connectivity index (χ4v) is 2.57. The molecule has 1 aromatic carbocycles. The van der Waals surface area contributed by atoms with E-state index in [2.05, 4.69) is 14.8 Å². The van der Waals surface area contributed by atoms with Crippen LogP contribution in [0.3, 0.4) is 0 Å². The highest BCUT2D eigenvalue weighted by Crippen LogP contribution is 2.29. The Morgan fingerprint density at radius 1 is 1.25 bits per heavy atom. The summed E-state index contributed by atoms with van der Waals surface area (Å²) in [7, 11) is 0. The van der Waals surface area contributed by atoms with Crippen molar-refractivity contribution in [2.24, 2.45) is 0 Å². The first kappa shape index (κ1) is 13.0. The first-order valence-corrected chi connectivity index (χ1v) is 7.14. The van der Waals surface area contributed by atoms with Gasteiger partial charge in [0, 0.05) is 18.5 Å². The van der Waals surface area contributed by atoms with Crippen molar-refractivity contribution in [1.82, 2.24) is 14.8 Å². The second-order valence-corrected chi connectivity index (χ2v) is 5.47. The molecule has 0 amide bonds. The number of aromatic nitrogens is 3. The van der Waals surface area contributed by atoms with Gasteiger partial charge in [0.15, 0.2) is 5.82 Å². The molecule has 2 aromatic rings. The van der Waals surface area contributed by atoms with E-state index in [1.165, 1.54) is 12.8 Å². The third-order valence-electron chi connectivity index (χ3n) is 3.49. The minimum absolute atomic E-state index is 0.115. The normalized spacial score (nSPS) is 14.3. The summed E-state index contributed by atoms with van der Waals surface area (Å²) in [6.07, 6.45) is 3.50. The van der Waals surface area contributed by atoms with Crippen LogP contribution in [0.15, 0.2) is 18.2 Å². The zero-order valence-corrected chi connectivity index (χ0v) is 12.0. The molecule has 20 heavy (non-hydrogen) atoms. The second-order valence-electron chi connectivity index (χ2n) is 5.47. The summed E-state index contributed by atoms with van der Waals surface area (Å²) in [6.45, 7) is 4.96. The smallest absolute Gasteiger partial charge is 0.164 e. The van der Waals surface area contributed by atoms with Gasteiger partial charge >= 0.3 is 0 Å². The maximum Gasteiger partial charge on any atom is 0.164 e. The van der Waals surface area contributed by atoms with Crippen LogP contribution in [0.1, 0.15) is 32.5 Å². The van der Waals surface area contributed by atoms with Gasteiger partial charge in [0.05, 0.1) is 11.8 Å². The zero-order chi connectivity index (χ0) is 14.1. The Bertz CT molecular complexity index is 618. The van der Waals surface area contributed by atoms with Crippen molar-refractivity contribution in [2.75, 3.05) is 5.73 Å². The van der Waals surface area contributed by atoms with Crippen molar-refractivity contribution in [2.45, 2.75) is 45.8 Å². The largest absolute Gasteiger partial charge is 0.489 e. The Labute approximate surface area is 118 Å². The van der Waals surface area contributed by atoms with E-state index >= 15 is 0 Å². The van der Waals surface area contributed by atoms with Gasteiger partial charge in [0.2, 0.25) is 0 Å². The van der Waals surface area contributed by atoms with E-state index < -0.39 is 0 Å². The van der Waals surface area contributed by atoms with Gasteiger partial charge in [-0.05, 0) is 44.9 Å². The molecule has 1 aliphatic heterocycles. The fourth-order valence-electron chi connectivity index (χ4n) is 2.57. The molecule has 2 N–H and O–H groups in total. The molecule has 0 aliphatic carbocycles. The number of anilines is 1. The minimum Gasteiger partial charge on any atom is -0.489 e. The Hall–Kier alpha value is -2.04. The summed E-state index contributed by atoms with van der Waals surface area (Å²) in [4.78, 5) is 0. The van der Waals surface area contributed by atoms with E-state index in [1.54, 1.807) is 0 Å². The lowest BCUT2D eigenvalue weighted by Crippen LogP contribution is -2.11. The predicted molar refractivity (Wildman–Crippen MR) is 78.6 cm³/mol. The van der Waals surface area contributed by atoms with Gasteiger partial charge in [-0.25, -0.2) is 0 Å². The average Bonchev–Trinajstić information content (AvgIpc) is 2.84. The average molecular weight is 272 g/mol. The third-order valence-corrected chi connectivity index (χ3v) is 3.49. The Balaban J connectivity index is 1.95. The monoisotopic (exact) mass is 272 g/mol. The number of nitrogens with zero attached hydrogens (tertiary/aromatic N) is 3. The van der Waals surface area contributed by atoms with Gasteiger partial charge in [0.1, 0.15) is 11.6 Å². The SMILES string of the molecule is CC(C)Oc1ccc(-c2nnc3n2CCCC3)cc1N. The maximum absolute atomic E-state index is 6.07. The summed E-state index contributed by atoms with van der Waals surface area (Å²) < 4.78 is 7.86. The van der Waals surface area contributed by atoms with Crippen molar-refractivity contribution in [3.63, 3.8) is 0 Å². The molecule has 0 radical (unpaired) electrons. The van der Waals surface area contributed by atoms with E-state index in [4.69, 9.17) is 10.5 Å². The molecular weight excluding hydrogens is 252 g/mol. The predicted octanol–water partition coefficient (Wildman–Crippen LogP) is 2.65. The van der Waals surface area contributed by atoms with Crippen molar-refractivity contribution in [3.8, 4) is 17.1 Å². The molecule has 0 unspecified atom stereocenters. The topological polar surface area (TPSA) is 66.0 Å². The Morgan fingerprint density at radius 3 is 2.85 bits per heavy atom. The van der Waals surface area contributed by atoms with Crippen LogP contribution >= 0.6 is 0 Å². The number of aryl methyl sites for hydroxylation is 1. The minimum atomic E-state index is 0.115. The van der Waals surface area contributed by atoms with Crippen LogP contribution in [0.2, 0.25) is 0 Å². The summed E-state index contributed by atoms with van der Waals surface area (Å²) >= 11 is 0. The zero-order valence-electron chi connectivity index (χ0n) is 12.0. The van der Waals surface area contributed by atoms with E-state index in [0.29, 0.717) is 5.69 Å². The maximum atomic E-state index is 6.07. The number of ether oxygens (including phenoxy) is 1. The number of benzene rings is 1. The quantitative estimate of drug-likeness (QED) is 0.872. The number of hydrogen-bond donors (Lipinski definition) is 1. The first-order valence-electron chi connectivity index (χ1n) is 7.14. The van der Waals surface area contributed by atoms with E-state index in [9.17, 15) is 0 Å². The standard InChI is InChI=1S/C15H20N4O/c1-10(2)20-13-7-6-11(9-12(13)16)15-18-17-14-5-3-4-8-19(14)15/h6-7,9-10H,3-5,8,16H2,1-2H3. The molecule has 1 aromatic heterocycles. The molecular formula is C15H20N4O. The lowest BCUT2D eigenvalue weighted by Gasteiger charge is -2.16. The van der Waals surface area contributed by atoms with Gasteiger partial charge in [-0.3, -0.25) is 0 Å². The second kappa shape index (κ2) is 5.15. The van der Waals surface area contributed by atoms with Crippen molar-refractivity contribution in [3.05, 3.63) is 24.0 Å². The number of fused-ring (bicyclic) bond motifs is 1. The van der Waals surface area contributed by atoms with Crippen LogP contribution in [0.4, 0.5) is 5.69 Å². The molecule has 3 rings (SSSR count). The molecule has 0 atom stereocenters. The van der Waals surface area contributed by atoms with E-state index in [0.717, 1.165) is 35.9 Å². The number of nitrogen functional groups attached to an aromatic ring is 1.